The molecule has 0 aromatic heterocycles. The number of amides is 1. The van der Waals surface area contributed by atoms with Crippen molar-refractivity contribution in [3.8, 4) is 23.0 Å². The fraction of sp³-hybridized carbons (Fsp3) is 0.381. The number of methoxy groups -OCH3 is 2. The summed E-state index contributed by atoms with van der Waals surface area (Å²) in [5, 5.41) is 2.85. The van der Waals surface area contributed by atoms with Gasteiger partial charge in [-0.2, -0.15) is 0 Å². The number of carbonyl (C=O) groups excluding carboxylic acids is 1. The lowest BCUT2D eigenvalue weighted by atomic mass is 10.1. The maximum absolute atomic E-state index is 12.6. The van der Waals surface area contributed by atoms with E-state index in [2.05, 4.69) is 19.2 Å². The minimum absolute atomic E-state index is 0.255. The van der Waals surface area contributed by atoms with Crippen LogP contribution in [0.3, 0.4) is 0 Å². The molecule has 0 bridgehead atoms. The molecule has 0 saturated heterocycles. The van der Waals surface area contributed by atoms with E-state index in [0.29, 0.717) is 53.4 Å². The predicted octanol–water partition coefficient (Wildman–Crippen LogP) is 4.39. The second-order valence-electron chi connectivity index (χ2n) is 6.32. The molecule has 0 heterocycles. The van der Waals surface area contributed by atoms with Crippen LogP contribution in [0.25, 0.3) is 0 Å². The first-order valence-electron chi connectivity index (χ1n) is 8.91. The van der Waals surface area contributed by atoms with Gasteiger partial charge in [-0.3, -0.25) is 4.79 Å². The summed E-state index contributed by atoms with van der Waals surface area (Å²) in [6.07, 6.45) is 0. The van der Waals surface area contributed by atoms with Gasteiger partial charge in [0, 0.05) is 17.3 Å². The molecule has 27 heavy (non-hydrogen) atoms. The third-order valence-electron chi connectivity index (χ3n) is 3.72. The molecule has 0 radical (unpaired) electrons. The highest BCUT2D eigenvalue weighted by Crippen LogP contribution is 2.31. The van der Waals surface area contributed by atoms with Crippen molar-refractivity contribution < 1.29 is 23.7 Å². The molecule has 0 fully saturated rings. The van der Waals surface area contributed by atoms with Gasteiger partial charge >= 0.3 is 0 Å². The fourth-order valence-electron chi connectivity index (χ4n) is 2.41. The third-order valence-corrected chi connectivity index (χ3v) is 3.72. The highest BCUT2D eigenvalue weighted by Gasteiger charge is 2.13. The van der Waals surface area contributed by atoms with Gasteiger partial charge in [-0.05, 0) is 43.2 Å². The van der Waals surface area contributed by atoms with Crippen LogP contribution in [0.4, 0.5) is 5.69 Å². The van der Waals surface area contributed by atoms with E-state index < -0.39 is 0 Å². The molecule has 0 atom stereocenters. The van der Waals surface area contributed by atoms with Crippen LogP contribution < -0.4 is 24.3 Å². The maximum Gasteiger partial charge on any atom is 0.255 e. The number of rotatable bonds is 9. The third kappa shape index (κ3) is 5.54. The van der Waals surface area contributed by atoms with Crippen LogP contribution in [-0.4, -0.2) is 33.3 Å². The average molecular weight is 373 g/mol. The SMILES string of the molecule is CCOc1ccc(NC(=O)c2ccc(OCC(C)C)c(OC)c2)cc1OC. The highest BCUT2D eigenvalue weighted by atomic mass is 16.5. The van der Waals surface area contributed by atoms with Gasteiger partial charge in [0.15, 0.2) is 23.0 Å². The topological polar surface area (TPSA) is 66.0 Å². The van der Waals surface area contributed by atoms with Crippen LogP contribution in [0.1, 0.15) is 31.1 Å². The molecule has 0 saturated carbocycles. The molecule has 0 aliphatic heterocycles. The van der Waals surface area contributed by atoms with Crippen molar-refractivity contribution in [2.75, 3.05) is 32.8 Å². The zero-order valence-electron chi connectivity index (χ0n) is 16.5. The van der Waals surface area contributed by atoms with Crippen LogP contribution in [0.5, 0.6) is 23.0 Å². The Hall–Kier alpha value is -2.89. The molecule has 6 nitrogen and oxygen atoms in total. The van der Waals surface area contributed by atoms with Gasteiger partial charge < -0.3 is 24.3 Å². The number of hydrogen-bond acceptors (Lipinski definition) is 5. The summed E-state index contributed by atoms with van der Waals surface area (Å²) in [4.78, 5) is 12.6. The Morgan fingerprint density at radius 1 is 0.926 bits per heavy atom. The van der Waals surface area contributed by atoms with E-state index in [1.165, 1.54) is 0 Å². The van der Waals surface area contributed by atoms with Crippen LogP contribution in [-0.2, 0) is 0 Å². The van der Waals surface area contributed by atoms with Crippen molar-refractivity contribution in [2.45, 2.75) is 20.8 Å². The summed E-state index contributed by atoms with van der Waals surface area (Å²) in [6.45, 7) is 7.15. The fourth-order valence-corrected chi connectivity index (χ4v) is 2.41. The Bertz CT molecular complexity index is 773. The van der Waals surface area contributed by atoms with Gasteiger partial charge in [0.05, 0.1) is 27.4 Å². The summed E-state index contributed by atoms with van der Waals surface area (Å²) >= 11 is 0. The Morgan fingerprint density at radius 2 is 1.56 bits per heavy atom. The lowest BCUT2D eigenvalue weighted by Gasteiger charge is -2.14. The number of nitrogens with one attached hydrogen (secondary N) is 1. The average Bonchev–Trinajstić information content (AvgIpc) is 2.67. The second kappa shape index (κ2) is 9.71. The molecule has 2 aromatic rings. The van der Waals surface area contributed by atoms with Gasteiger partial charge in [-0.1, -0.05) is 13.8 Å². The molecule has 2 aromatic carbocycles. The zero-order valence-corrected chi connectivity index (χ0v) is 16.5. The number of benzene rings is 2. The standard InChI is InChI=1S/C21H27NO5/c1-6-26-17-10-8-16(12-20(17)25-5)22-21(23)15-7-9-18(19(11-15)24-4)27-13-14(2)3/h7-12,14H,6,13H2,1-5H3,(H,22,23). The van der Waals surface area contributed by atoms with Crippen LogP contribution >= 0.6 is 0 Å². The zero-order chi connectivity index (χ0) is 19.8. The number of ether oxygens (including phenoxy) is 4. The normalized spacial score (nSPS) is 10.4. The second-order valence-corrected chi connectivity index (χ2v) is 6.32. The van der Waals surface area contributed by atoms with Crippen molar-refractivity contribution in [3.05, 3.63) is 42.0 Å². The molecule has 0 spiro atoms. The van der Waals surface area contributed by atoms with Crippen molar-refractivity contribution >= 4 is 11.6 Å². The van der Waals surface area contributed by atoms with E-state index in [1.54, 1.807) is 50.6 Å². The molecular formula is C21H27NO5. The summed E-state index contributed by atoms with van der Waals surface area (Å²) in [5.74, 6) is 2.47. The maximum atomic E-state index is 12.6. The molecule has 2 rings (SSSR count). The number of hydrogen-bond donors (Lipinski definition) is 1. The van der Waals surface area contributed by atoms with Crippen molar-refractivity contribution in [1.29, 1.82) is 0 Å². The van der Waals surface area contributed by atoms with Gasteiger partial charge in [-0.25, -0.2) is 0 Å². The smallest absolute Gasteiger partial charge is 0.255 e. The largest absolute Gasteiger partial charge is 0.493 e. The molecule has 1 amide bonds. The quantitative estimate of drug-likeness (QED) is 0.706. The van der Waals surface area contributed by atoms with E-state index in [0.717, 1.165) is 0 Å². The van der Waals surface area contributed by atoms with E-state index in [4.69, 9.17) is 18.9 Å². The molecule has 1 N–H and O–H groups in total. The van der Waals surface area contributed by atoms with Crippen molar-refractivity contribution in [1.82, 2.24) is 0 Å². The molecular weight excluding hydrogens is 346 g/mol. The predicted molar refractivity (Wildman–Crippen MR) is 105 cm³/mol. The van der Waals surface area contributed by atoms with Gasteiger partial charge in [0.1, 0.15) is 0 Å². The van der Waals surface area contributed by atoms with Gasteiger partial charge in [-0.15, -0.1) is 0 Å². The molecule has 0 unspecified atom stereocenters. The summed E-state index contributed by atoms with van der Waals surface area (Å²) in [7, 11) is 3.11. The van der Waals surface area contributed by atoms with E-state index in [-0.39, 0.29) is 5.91 Å². The first kappa shape index (κ1) is 20.4. The van der Waals surface area contributed by atoms with Crippen LogP contribution in [0.2, 0.25) is 0 Å². The minimum Gasteiger partial charge on any atom is -0.493 e. The first-order valence-corrected chi connectivity index (χ1v) is 8.91. The lowest BCUT2D eigenvalue weighted by Crippen LogP contribution is -2.13. The summed E-state index contributed by atoms with van der Waals surface area (Å²) in [5.41, 5.74) is 1.08. The van der Waals surface area contributed by atoms with Gasteiger partial charge in [0.2, 0.25) is 0 Å². The Morgan fingerprint density at radius 3 is 2.19 bits per heavy atom. The molecule has 146 valence electrons. The molecule has 0 aliphatic carbocycles. The minimum atomic E-state index is -0.255. The van der Waals surface area contributed by atoms with E-state index >= 15 is 0 Å². The number of carbonyl (C=O) groups is 1. The van der Waals surface area contributed by atoms with E-state index in [9.17, 15) is 4.79 Å². The molecule has 6 heteroatoms. The van der Waals surface area contributed by atoms with Crippen molar-refractivity contribution in [2.24, 2.45) is 5.92 Å². The Labute approximate surface area is 160 Å². The summed E-state index contributed by atoms with van der Waals surface area (Å²) < 4.78 is 21.9. The first-order chi connectivity index (χ1) is 13.0. The number of anilines is 1. The van der Waals surface area contributed by atoms with Crippen LogP contribution in [0.15, 0.2) is 36.4 Å². The Kier molecular flexibility index (Phi) is 7.34. The summed E-state index contributed by atoms with van der Waals surface area (Å²) in [6, 6.07) is 10.4. The van der Waals surface area contributed by atoms with Crippen LogP contribution in [0, 0.1) is 5.92 Å². The Balaban J connectivity index is 2.15. The monoisotopic (exact) mass is 373 g/mol. The van der Waals surface area contributed by atoms with Crippen molar-refractivity contribution in [3.63, 3.8) is 0 Å². The van der Waals surface area contributed by atoms with E-state index in [1.807, 2.05) is 6.92 Å². The lowest BCUT2D eigenvalue weighted by molar-refractivity contribution is 0.102. The van der Waals surface area contributed by atoms with Gasteiger partial charge in [0.25, 0.3) is 5.91 Å². The highest BCUT2D eigenvalue weighted by molar-refractivity contribution is 6.04. The molecule has 0 aliphatic rings.